The van der Waals surface area contributed by atoms with Crippen LogP contribution in [0.2, 0.25) is 0 Å². The Bertz CT molecular complexity index is 624. The Morgan fingerprint density at radius 3 is 2.43 bits per heavy atom. The quantitative estimate of drug-likeness (QED) is 0.859. The zero-order valence-electron chi connectivity index (χ0n) is 12.4. The molecule has 1 N–H and O–H groups in total. The molecule has 110 valence electrons. The monoisotopic (exact) mass is 345 g/mol. The van der Waals surface area contributed by atoms with Crippen LogP contribution in [0.5, 0.6) is 5.75 Å². The fraction of sp³-hybridized carbons (Fsp3) is 0.333. The maximum atomic E-state index is 5.57. The first-order valence-corrected chi connectivity index (χ1v) is 8.20. The first kappa shape index (κ1) is 14.6. The SMILES string of the molecule is CC(NC(C)c1ccc2c(c1)CCO2)c1ccc(Br)cc1. The molecule has 21 heavy (non-hydrogen) atoms. The van der Waals surface area contributed by atoms with Crippen molar-refractivity contribution >= 4 is 15.9 Å². The fourth-order valence-corrected chi connectivity index (χ4v) is 3.06. The summed E-state index contributed by atoms with van der Waals surface area (Å²) in [7, 11) is 0. The largest absolute Gasteiger partial charge is 0.493 e. The molecule has 1 aliphatic rings. The van der Waals surface area contributed by atoms with Gasteiger partial charge in [0, 0.05) is 23.0 Å². The van der Waals surface area contributed by atoms with E-state index in [4.69, 9.17) is 4.74 Å². The molecule has 2 atom stereocenters. The summed E-state index contributed by atoms with van der Waals surface area (Å²) in [5.74, 6) is 1.05. The summed E-state index contributed by atoms with van der Waals surface area (Å²) in [5, 5.41) is 3.67. The van der Waals surface area contributed by atoms with Gasteiger partial charge in [-0.2, -0.15) is 0 Å². The van der Waals surface area contributed by atoms with Gasteiger partial charge in [0.1, 0.15) is 5.75 Å². The summed E-state index contributed by atoms with van der Waals surface area (Å²) in [6.07, 6.45) is 1.03. The Morgan fingerprint density at radius 1 is 1.00 bits per heavy atom. The number of benzene rings is 2. The second-order valence-electron chi connectivity index (χ2n) is 5.63. The molecule has 2 nitrogen and oxygen atoms in total. The standard InChI is InChI=1S/C18H20BrNO/c1-12(14-3-6-17(19)7-4-14)20-13(2)15-5-8-18-16(11-15)9-10-21-18/h3-8,11-13,20H,9-10H2,1-2H3. The number of ether oxygens (including phenoxy) is 1. The van der Waals surface area contributed by atoms with Gasteiger partial charge >= 0.3 is 0 Å². The second-order valence-corrected chi connectivity index (χ2v) is 6.54. The summed E-state index contributed by atoms with van der Waals surface area (Å²) >= 11 is 3.48. The van der Waals surface area contributed by atoms with Crippen LogP contribution in [-0.4, -0.2) is 6.61 Å². The second kappa shape index (κ2) is 6.20. The van der Waals surface area contributed by atoms with Crippen molar-refractivity contribution in [3.8, 4) is 5.75 Å². The summed E-state index contributed by atoms with van der Waals surface area (Å²) in [6.45, 7) is 5.24. The molecule has 2 unspecified atom stereocenters. The van der Waals surface area contributed by atoms with Crippen molar-refractivity contribution in [3.05, 3.63) is 63.6 Å². The van der Waals surface area contributed by atoms with Gasteiger partial charge in [0.2, 0.25) is 0 Å². The maximum absolute atomic E-state index is 5.57. The average Bonchev–Trinajstić information content (AvgIpc) is 2.95. The molecule has 2 aromatic carbocycles. The number of hydrogen-bond donors (Lipinski definition) is 1. The van der Waals surface area contributed by atoms with Crippen molar-refractivity contribution in [1.82, 2.24) is 5.32 Å². The Kier molecular flexibility index (Phi) is 4.32. The highest BCUT2D eigenvalue weighted by molar-refractivity contribution is 9.10. The van der Waals surface area contributed by atoms with Crippen LogP contribution in [0.1, 0.15) is 42.6 Å². The molecule has 0 radical (unpaired) electrons. The van der Waals surface area contributed by atoms with Crippen molar-refractivity contribution in [1.29, 1.82) is 0 Å². The molecule has 0 saturated carbocycles. The molecule has 0 aromatic heterocycles. The lowest BCUT2D eigenvalue weighted by atomic mass is 10.0. The van der Waals surface area contributed by atoms with Crippen LogP contribution in [0.15, 0.2) is 46.9 Å². The Balaban J connectivity index is 1.70. The van der Waals surface area contributed by atoms with Crippen LogP contribution in [-0.2, 0) is 6.42 Å². The first-order chi connectivity index (χ1) is 10.1. The maximum Gasteiger partial charge on any atom is 0.122 e. The summed E-state index contributed by atoms with van der Waals surface area (Å²) in [4.78, 5) is 0. The van der Waals surface area contributed by atoms with E-state index < -0.39 is 0 Å². The smallest absolute Gasteiger partial charge is 0.122 e. The topological polar surface area (TPSA) is 21.3 Å². The van der Waals surface area contributed by atoms with E-state index in [9.17, 15) is 0 Å². The third-order valence-electron chi connectivity index (χ3n) is 4.08. The summed E-state index contributed by atoms with van der Waals surface area (Å²) in [5.41, 5.74) is 3.95. The third kappa shape index (κ3) is 3.30. The minimum Gasteiger partial charge on any atom is -0.493 e. The van der Waals surface area contributed by atoms with E-state index in [2.05, 4.69) is 77.6 Å². The van der Waals surface area contributed by atoms with Crippen LogP contribution < -0.4 is 10.1 Å². The highest BCUT2D eigenvalue weighted by Gasteiger charge is 2.16. The molecule has 0 amide bonds. The fourth-order valence-electron chi connectivity index (χ4n) is 2.79. The molecular weight excluding hydrogens is 326 g/mol. The van der Waals surface area contributed by atoms with Gasteiger partial charge in [-0.15, -0.1) is 0 Å². The number of rotatable bonds is 4. The van der Waals surface area contributed by atoms with Crippen molar-refractivity contribution in [2.75, 3.05) is 6.61 Å². The van der Waals surface area contributed by atoms with Gasteiger partial charge in [-0.25, -0.2) is 0 Å². The molecule has 3 heteroatoms. The Labute approximate surface area is 134 Å². The van der Waals surface area contributed by atoms with E-state index in [0.717, 1.165) is 23.2 Å². The van der Waals surface area contributed by atoms with E-state index in [-0.39, 0.29) is 0 Å². The van der Waals surface area contributed by atoms with E-state index in [1.807, 2.05) is 0 Å². The predicted molar refractivity (Wildman–Crippen MR) is 89.7 cm³/mol. The van der Waals surface area contributed by atoms with Gasteiger partial charge < -0.3 is 10.1 Å². The summed E-state index contributed by atoms with van der Waals surface area (Å²) in [6, 6.07) is 15.7. The predicted octanol–water partition coefficient (Wildman–Crippen LogP) is 4.80. The van der Waals surface area contributed by atoms with Gasteiger partial charge in [-0.1, -0.05) is 40.2 Å². The zero-order valence-corrected chi connectivity index (χ0v) is 14.0. The zero-order chi connectivity index (χ0) is 14.8. The highest BCUT2D eigenvalue weighted by Crippen LogP contribution is 2.29. The first-order valence-electron chi connectivity index (χ1n) is 7.40. The van der Waals surface area contributed by atoms with Crippen molar-refractivity contribution in [2.45, 2.75) is 32.4 Å². The van der Waals surface area contributed by atoms with Crippen LogP contribution in [0.25, 0.3) is 0 Å². The van der Waals surface area contributed by atoms with Crippen molar-refractivity contribution in [2.24, 2.45) is 0 Å². The number of nitrogens with one attached hydrogen (secondary N) is 1. The normalized spacial score (nSPS) is 16.1. The molecular formula is C18H20BrNO. The lowest BCUT2D eigenvalue weighted by Crippen LogP contribution is -2.22. The molecule has 2 aromatic rings. The van der Waals surface area contributed by atoms with E-state index in [1.54, 1.807) is 0 Å². The molecule has 0 fully saturated rings. The molecule has 1 heterocycles. The number of fused-ring (bicyclic) bond motifs is 1. The lowest BCUT2D eigenvalue weighted by Gasteiger charge is -2.21. The number of hydrogen-bond acceptors (Lipinski definition) is 2. The lowest BCUT2D eigenvalue weighted by molar-refractivity contribution is 0.356. The molecule has 0 aliphatic carbocycles. The van der Waals surface area contributed by atoms with E-state index >= 15 is 0 Å². The van der Waals surface area contributed by atoms with E-state index in [0.29, 0.717) is 12.1 Å². The summed E-state index contributed by atoms with van der Waals surface area (Å²) < 4.78 is 6.69. The van der Waals surface area contributed by atoms with Crippen LogP contribution in [0.4, 0.5) is 0 Å². The van der Waals surface area contributed by atoms with Gasteiger partial charge in [-0.05, 0) is 48.7 Å². The Morgan fingerprint density at radius 2 is 1.67 bits per heavy atom. The van der Waals surface area contributed by atoms with E-state index in [1.165, 1.54) is 16.7 Å². The third-order valence-corrected chi connectivity index (χ3v) is 4.61. The van der Waals surface area contributed by atoms with Crippen molar-refractivity contribution < 1.29 is 4.74 Å². The van der Waals surface area contributed by atoms with Crippen LogP contribution >= 0.6 is 15.9 Å². The molecule has 1 aliphatic heterocycles. The average molecular weight is 346 g/mol. The number of halogens is 1. The minimum atomic E-state index is 0.314. The van der Waals surface area contributed by atoms with Crippen molar-refractivity contribution in [3.63, 3.8) is 0 Å². The molecule has 0 bridgehead atoms. The molecule has 0 spiro atoms. The molecule has 0 saturated heterocycles. The van der Waals surface area contributed by atoms with Crippen LogP contribution in [0.3, 0.4) is 0 Å². The van der Waals surface area contributed by atoms with Crippen LogP contribution in [0, 0.1) is 0 Å². The highest BCUT2D eigenvalue weighted by atomic mass is 79.9. The minimum absolute atomic E-state index is 0.314. The van der Waals surface area contributed by atoms with Gasteiger partial charge in [0.05, 0.1) is 6.61 Å². The molecule has 3 rings (SSSR count). The van der Waals surface area contributed by atoms with Gasteiger partial charge in [-0.3, -0.25) is 0 Å². The van der Waals surface area contributed by atoms with Gasteiger partial charge in [0.15, 0.2) is 0 Å². The Hall–Kier alpha value is -1.32. The van der Waals surface area contributed by atoms with Gasteiger partial charge in [0.25, 0.3) is 0 Å².